The minimum absolute atomic E-state index is 0.0924. The lowest BCUT2D eigenvalue weighted by molar-refractivity contribution is -0.142. The van der Waals surface area contributed by atoms with Crippen LogP contribution in [0.25, 0.3) is 0 Å². The lowest BCUT2D eigenvalue weighted by Gasteiger charge is -2.25. The molecule has 0 bridgehead atoms. The molecule has 0 saturated carbocycles. The van der Waals surface area contributed by atoms with Crippen LogP contribution in [0.4, 0.5) is 0 Å². The normalized spacial score (nSPS) is 22.8. The summed E-state index contributed by atoms with van der Waals surface area (Å²) in [6, 6.07) is 9.70. The van der Waals surface area contributed by atoms with E-state index in [4.69, 9.17) is 9.57 Å². The van der Waals surface area contributed by atoms with Crippen LogP contribution < -0.4 is 5.32 Å². The Morgan fingerprint density at radius 2 is 2.15 bits per heavy atom. The molecule has 2 aliphatic heterocycles. The summed E-state index contributed by atoms with van der Waals surface area (Å²) in [5.74, 6) is -0.346. The molecule has 1 aromatic rings. The number of nitrogens with one attached hydrogen (secondary N) is 1. The monoisotopic (exact) mass is 357 g/mol. The molecule has 3 rings (SSSR count). The second-order valence-corrected chi connectivity index (χ2v) is 6.28. The van der Waals surface area contributed by atoms with E-state index in [1.165, 1.54) is 6.08 Å². The summed E-state index contributed by atoms with van der Waals surface area (Å²) < 4.78 is 5.72. The third kappa shape index (κ3) is 4.49. The molecule has 2 unspecified atom stereocenters. The highest BCUT2D eigenvalue weighted by atomic mass is 16.6. The van der Waals surface area contributed by atoms with Crippen molar-refractivity contribution in [2.75, 3.05) is 26.2 Å². The van der Waals surface area contributed by atoms with Crippen molar-refractivity contribution in [3.63, 3.8) is 0 Å². The first-order chi connectivity index (χ1) is 12.7. The van der Waals surface area contributed by atoms with Crippen LogP contribution in [0.3, 0.4) is 0 Å². The van der Waals surface area contributed by atoms with Crippen molar-refractivity contribution in [2.24, 2.45) is 5.16 Å². The highest BCUT2D eigenvalue weighted by Gasteiger charge is 2.34. The van der Waals surface area contributed by atoms with Gasteiger partial charge in [-0.15, -0.1) is 0 Å². The Kier molecular flexibility index (Phi) is 6.01. The Morgan fingerprint density at radius 3 is 2.92 bits per heavy atom. The predicted molar refractivity (Wildman–Crippen MR) is 96.6 cm³/mol. The minimum atomic E-state index is -0.605. The van der Waals surface area contributed by atoms with E-state index in [-0.39, 0.29) is 17.9 Å². The highest BCUT2D eigenvalue weighted by Crippen LogP contribution is 2.19. The lowest BCUT2D eigenvalue weighted by atomic mass is 10.0. The average molecular weight is 357 g/mol. The van der Waals surface area contributed by atoms with E-state index in [0.29, 0.717) is 32.7 Å². The van der Waals surface area contributed by atoms with Gasteiger partial charge >= 0.3 is 0 Å². The molecule has 1 aromatic carbocycles. The summed E-state index contributed by atoms with van der Waals surface area (Å²) in [5.41, 5.74) is 1.75. The second kappa shape index (κ2) is 8.62. The van der Waals surface area contributed by atoms with Gasteiger partial charge in [0.2, 0.25) is 12.0 Å². The van der Waals surface area contributed by atoms with Crippen LogP contribution in [0.5, 0.6) is 0 Å². The first kappa shape index (κ1) is 18.1. The zero-order valence-electron chi connectivity index (χ0n) is 14.6. The number of amides is 2. The van der Waals surface area contributed by atoms with Crippen molar-refractivity contribution in [3.05, 3.63) is 48.6 Å². The van der Waals surface area contributed by atoms with E-state index < -0.39 is 6.10 Å². The first-order valence-electron chi connectivity index (χ1n) is 8.76. The van der Waals surface area contributed by atoms with Gasteiger partial charge in [-0.05, 0) is 18.1 Å². The molecular weight excluding hydrogens is 334 g/mol. The molecule has 0 radical (unpaired) electrons. The number of benzene rings is 1. The SMILES string of the molecule is C=CC(=O)NCC1CN(C(=O)C2CC(c3ccccc3)=NO2)CCCO1. The van der Waals surface area contributed by atoms with Gasteiger partial charge in [0.25, 0.3) is 5.91 Å². The van der Waals surface area contributed by atoms with Crippen molar-refractivity contribution >= 4 is 17.5 Å². The van der Waals surface area contributed by atoms with Crippen LogP contribution in [0.2, 0.25) is 0 Å². The Balaban J connectivity index is 1.57. The van der Waals surface area contributed by atoms with Crippen LogP contribution in [-0.2, 0) is 19.2 Å². The summed E-state index contributed by atoms with van der Waals surface area (Å²) in [6.45, 7) is 5.33. The van der Waals surface area contributed by atoms with Crippen molar-refractivity contribution < 1.29 is 19.2 Å². The number of carbonyl (C=O) groups is 2. The molecule has 2 amide bonds. The molecule has 1 fully saturated rings. The molecule has 0 aromatic heterocycles. The molecule has 2 atom stereocenters. The Bertz CT molecular complexity index is 689. The molecule has 0 spiro atoms. The number of carbonyl (C=O) groups excluding carboxylic acids is 2. The maximum atomic E-state index is 12.8. The molecule has 0 aliphatic carbocycles. The van der Waals surface area contributed by atoms with E-state index in [1.807, 2.05) is 30.3 Å². The maximum absolute atomic E-state index is 12.8. The zero-order valence-corrected chi connectivity index (χ0v) is 14.6. The standard InChI is InChI=1S/C19H23N3O4/c1-2-18(23)20-12-15-13-22(9-6-10-25-15)19(24)17-11-16(21-26-17)14-7-4-3-5-8-14/h2-5,7-8,15,17H,1,6,9-13H2,(H,20,23). The van der Waals surface area contributed by atoms with Crippen LogP contribution >= 0.6 is 0 Å². The fourth-order valence-electron chi connectivity index (χ4n) is 3.02. The van der Waals surface area contributed by atoms with Crippen LogP contribution in [0, 0.1) is 0 Å². The van der Waals surface area contributed by atoms with Crippen molar-refractivity contribution in [1.29, 1.82) is 0 Å². The van der Waals surface area contributed by atoms with Gasteiger partial charge in [0.05, 0.1) is 11.8 Å². The summed E-state index contributed by atoms with van der Waals surface area (Å²) in [7, 11) is 0. The van der Waals surface area contributed by atoms with Crippen LogP contribution in [0.15, 0.2) is 48.1 Å². The topological polar surface area (TPSA) is 80.2 Å². The number of rotatable bonds is 5. The van der Waals surface area contributed by atoms with Gasteiger partial charge in [0, 0.05) is 32.7 Å². The van der Waals surface area contributed by atoms with Gasteiger partial charge in [0.15, 0.2) is 0 Å². The van der Waals surface area contributed by atoms with Crippen molar-refractivity contribution in [2.45, 2.75) is 25.0 Å². The average Bonchev–Trinajstić information content (AvgIpc) is 3.06. The molecule has 7 nitrogen and oxygen atoms in total. The number of hydrogen-bond donors (Lipinski definition) is 1. The van der Waals surface area contributed by atoms with Gasteiger partial charge in [-0.2, -0.15) is 0 Å². The second-order valence-electron chi connectivity index (χ2n) is 6.28. The third-order valence-corrected chi connectivity index (χ3v) is 4.40. The first-order valence-corrected chi connectivity index (χ1v) is 8.76. The molecular formula is C19H23N3O4. The van der Waals surface area contributed by atoms with Gasteiger partial charge in [0.1, 0.15) is 0 Å². The van der Waals surface area contributed by atoms with E-state index >= 15 is 0 Å². The Hall–Kier alpha value is -2.67. The van der Waals surface area contributed by atoms with Crippen LogP contribution in [0.1, 0.15) is 18.4 Å². The molecule has 7 heteroatoms. The van der Waals surface area contributed by atoms with E-state index in [9.17, 15) is 9.59 Å². The van der Waals surface area contributed by atoms with E-state index in [2.05, 4.69) is 17.1 Å². The number of hydrogen-bond acceptors (Lipinski definition) is 5. The summed E-state index contributed by atoms with van der Waals surface area (Å²) >= 11 is 0. The molecule has 2 heterocycles. The molecule has 26 heavy (non-hydrogen) atoms. The number of oxime groups is 1. The summed E-state index contributed by atoms with van der Waals surface area (Å²) in [5, 5.41) is 6.80. The predicted octanol–water partition coefficient (Wildman–Crippen LogP) is 1.10. The quantitative estimate of drug-likeness (QED) is 0.801. The van der Waals surface area contributed by atoms with Gasteiger partial charge in [-0.1, -0.05) is 42.1 Å². The summed E-state index contributed by atoms with van der Waals surface area (Å²) in [4.78, 5) is 31.3. The molecule has 138 valence electrons. The van der Waals surface area contributed by atoms with E-state index in [1.54, 1.807) is 4.90 Å². The van der Waals surface area contributed by atoms with Gasteiger partial charge in [-0.3, -0.25) is 9.59 Å². The van der Waals surface area contributed by atoms with E-state index in [0.717, 1.165) is 17.7 Å². The molecule has 2 aliphatic rings. The lowest BCUT2D eigenvalue weighted by Crippen LogP contribution is -2.45. The maximum Gasteiger partial charge on any atom is 0.267 e. The third-order valence-electron chi connectivity index (χ3n) is 4.40. The fourth-order valence-corrected chi connectivity index (χ4v) is 3.02. The van der Waals surface area contributed by atoms with Crippen molar-refractivity contribution in [1.82, 2.24) is 10.2 Å². The molecule has 1 N–H and O–H groups in total. The van der Waals surface area contributed by atoms with Gasteiger partial charge < -0.3 is 19.8 Å². The number of ether oxygens (including phenoxy) is 1. The Labute approximate surface area is 152 Å². The Morgan fingerprint density at radius 1 is 1.35 bits per heavy atom. The zero-order chi connectivity index (χ0) is 18.4. The fraction of sp³-hybridized carbons (Fsp3) is 0.421. The molecule has 1 saturated heterocycles. The number of nitrogens with zero attached hydrogens (tertiary/aromatic N) is 2. The largest absolute Gasteiger partial charge is 0.382 e. The van der Waals surface area contributed by atoms with Crippen molar-refractivity contribution in [3.8, 4) is 0 Å². The smallest absolute Gasteiger partial charge is 0.267 e. The minimum Gasteiger partial charge on any atom is -0.382 e. The summed E-state index contributed by atoms with van der Waals surface area (Å²) in [6.07, 6.45) is 1.57. The van der Waals surface area contributed by atoms with Crippen LogP contribution in [-0.4, -0.2) is 60.9 Å². The highest BCUT2D eigenvalue weighted by molar-refractivity contribution is 6.04. The van der Waals surface area contributed by atoms with Gasteiger partial charge in [-0.25, -0.2) is 0 Å².